The Balaban J connectivity index is 2.34. The van der Waals surface area contributed by atoms with Crippen molar-refractivity contribution in [3.8, 4) is 0 Å². The highest BCUT2D eigenvalue weighted by Crippen LogP contribution is 2.33. The number of thiazole rings is 1. The van der Waals surface area contributed by atoms with Crippen LogP contribution in [0.1, 0.15) is 45.0 Å². The topological polar surface area (TPSA) is 91.5 Å². The molecule has 2 rings (SSSR count). The van der Waals surface area contributed by atoms with E-state index in [0.29, 0.717) is 9.88 Å². The van der Waals surface area contributed by atoms with E-state index in [2.05, 4.69) is 10.3 Å². The maximum atomic E-state index is 13.1. The third kappa shape index (κ3) is 4.71. The van der Waals surface area contributed by atoms with E-state index in [1.54, 1.807) is 6.92 Å². The van der Waals surface area contributed by atoms with E-state index in [-0.39, 0.29) is 17.3 Å². The van der Waals surface area contributed by atoms with Gasteiger partial charge in [0.05, 0.1) is 16.5 Å². The van der Waals surface area contributed by atoms with E-state index < -0.39 is 23.9 Å². The molecule has 0 saturated heterocycles. The van der Waals surface area contributed by atoms with Gasteiger partial charge in [0, 0.05) is 31.5 Å². The van der Waals surface area contributed by atoms with Crippen molar-refractivity contribution in [3.63, 3.8) is 0 Å². The van der Waals surface area contributed by atoms with Crippen molar-refractivity contribution < 1.29 is 23.1 Å². The number of aromatic nitrogens is 1. The number of carbonyl (C=O) groups is 1. The maximum Gasteiger partial charge on any atom is 0.416 e. The van der Waals surface area contributed by atoms with E-state index in [0.717, 1.165) is 23.5 Å². The normalized spacial score (nSPS) is 14.0. The predicted octanol–water partition coefficient (Wildman–Crippen LogP) is 2.99. The van der Waals surface area contributed by atoms with Crippen LogP contribution in [0.3, 0.4) is 0 Å². The highest BCUT2D eigenvalue weighted by molar-refractivity contribution is 7.11. The van der Waals surface area contributed by atoms with Crippen LogP contribution in [-0.2, 0) is 6.18 Å². The van der Waals surface area contributed by atoms with Crippen LogP contribution in [0, 0.1) is 0 Å². The van der Waals surface area contributed by atoms with Crippen LogP contribution in [-0.4, -0.2) is 35.0 Å². The summed E-state index contributed by atoms with van der Waals surface area (Å²) in [7, 11) is 2.88. The van der Waals surface area contributed by atoms with E-state index in [1.165, 1.54) is 31.3 Å². The highest BCUT2D eigenvalue weighted by Gasteiger charge is 2.32. The summed E-state index contributed by atoms with van der Waals surface area (Å²) < 4.78 is 39.4. The number of nitrogens with one attached hydrogen (secondary N) is 1. The Morgan fingerprint density at radius 1 is 1.35 bits per heavy atom. The zero-order valence-electron chi connectivity index (χ0n) is 14.3. The van der Waals surface area contributed by atoms with Crippen molar-refractivity contribution >= 4 is 22.9 Å². The van der Waals surface area contributed by atoms with Crippen LogP contribution in [0.2, 0.25) is 0 Å². The molecular weight excluding hydrogens is 369 g/mol. The number of anilines is 1. The van der Waals surface area contributed by atoms with Gasteiger partial charge in [0.25, 0.3) is 5.91 Å². The number of aliphatic hydroxyl groups excluding tert-OH is 1. The second kappa shape index (κ2) is 7.60. The van der Waals surface area contributed by atoms with Crippen molar-refractivity contribution in [1.29, 1.82) is 0 Å². The number of rotatable bonds is 5. The van der Waals surface area contributed by atoms with Crippen LogP contribution in [0.25, 0.3) is 0 Å². The summed E-state index contributed by atoms with van der Waals surface area (Å²) in [4.78, 5) is 17.7. The van der Waals surface area contributed by atoms with Crippen LogP contribution >= 0.6 is 11.3 Å². The molecule has 0 saturated carbocycles. The molecule has 4 N–H and O–H groups in total. The molecule has 0 spiro atoms. The van der Waals surface area contributed by atoms with Crippen LogP contribution in [0.15, 0.2) is 24.4 Å². The molecule has 0 aliphatic rings. The number of hydrogen-bond acceptors (Lipinski definition) is 6. The molecule has 1 heterocycles. The Morgan fingerprint density at radius 3 is 2.50 bits per heavy atom. The SMILES string of the molecule is CC(N)c1ncc(C(O)Nc2cc(C(=O)N(C)C)cc(C(F)(F)F)c2)s1. The molecule has 26 heavy (non-hydrogen) atoms. The number of halogens is 3. The third-order valence-electron chi connectivity index (χ3n) is 3.42. The lowest BCUT2D eigenvalue weighted by Crippen LogP contribution is -2.22. The third-order valence-corrected chi connectivity index (χ3v) is 4.67. The molecule has 1 amide bonds. The van der Waals surface area contributed by atoms with Crippen molar-refractivity contribution in [2.45, 2.75) is 25.4 Å². The van der Waals surface area contributed by atoms with Gasteiger partial charge in [-0.2, -0.15) is 13.2 Å². The number of aliphatic hydroxyl groups is 1. The first kappa shape index (κ1) is 20.1. The number of carbonyl (C=O) groups excluding carboxylic acids is 1. The molecule has 2 aromatic rings. The van der Waals surface area contributed by atoms with Gasteiger partial charge in [-0.3, -0.25) is 4.79 Å². The fraction of sp³-hybridized carbons (Fsp3) is 0.375. The summed E-state index contributed by atoms with van der Waals surface area (Å²) >= 11 is 1.15. The Morgan fingerprint density at radius 2 is 2.00 bits per heavy atom. The zero-order valence-corrected chi connectivity index (χ0v) is 15.1. The number of alkyl halides is 3. The first-order chi connectivity index (χ1) is 12.0. The second-order valence-electron chi connectivity index (χ2n) is 5.93. The summed E-state index contributed by atoms with van der Waals surface area (Å²) in [5.74, 6) is -0.578. The lowest BCUT2D eigenvalue weighted by atomic mass is 10.1. The average Bonchev–Trinajstić information content (AvgIpc) is 3.03. The largest absolute Gasteiger partial charge is 0.416 e. The van der Waals surface area contributed by atoms with Crippen LogP contribution in [0.5, 0.6) is 0 Å². The molecule has 2 unspecified atom stereocenters. The van der Waals surface area contributed by atoms with Gasteiger partial charge in [0.2, 0.25) is 0 Å². The van der Waals surface area contributed by atoms with Gasteiger partial charge in [0.1, 0.15) is 5.01 Å². The predicted molar refractivity (Wildman–Crippen MR) is 92.8 cm³/mol. The van der Waals surface area contributed by atoms with E-state index in [4.69, 9.17) is 5.73 Å². The molecule has 0 radical (unpaired) electrons. The number of hydrogen-bond donors (Lipinski definition) is 3. The fourth-order valence-electron chi connectivity index (χ4n) is 2.12. The number of amides is 1. The van der Waals surface area contributed by atoms with E-state index in [9.17, 15) is 23.1 Å². The van der Waals surface area contributed by atoms with Crippen molar-refractivity contribution in [1.82, 2.24) is 9.88 Å². The minimum Gasteiger partial charge on any atom is -0.369 e. The van der Waals surface area contributed by atoms with Gasteiger partial charge < -0.3 is 21.1 Å². The highest BCUT2D eigenvalue weighted by atomic mass is 32.1. The quantitative estimate of drug-likeness (QED) is 0.685. The van der Waals surface area contributed by atoms with Gasteiger partial charge in [-0.05, 0) is 25.1 Å². The van der Waals surface area contributed by atoms with Gasteiger partial charge in [-0.1, -0.05) is 0 Å². The molecule has 0 fully saturated rings. The molecular formula is C16H19F3N4O2S. The molecule has 0 bridgehead atoms. The Hall–Kier alpha value is -2.17. The maximum absolute atomic E-state index is 13.1. The molecule has 142 valence electrons. The van der Waals surface area contributed by atoms with E-state index >= 15 is 0 Å². The number of nitrogens with zero attached hydrogens (tertiary/aromatic N) is 2. The van der Waals surface area contributed by atoms with Gasteiger partial charge in [0.15, 0.2) is 6.23 Å². The fourth-order valence-corrected chi connectivity index (χ4v) is 2.93. The van der Waals surface area contributed by atoms with Crippen LogP contribution < -0.4 is 11.1 Å². The molecule has 1 aromatic carbocycles. The van der Waals surface area contributed by atoms with Crippen molar-refractivity contribution in [2.24, 2.45) is 5.73 Å². The first-order valence-corrected chi connectivity index (χ1v) is 8.40. The molecule has 2 atom stereocenters. The Labute approximate surface area is 152 Å². The summed E-state index contributed by atoms with van der Waals surface area (Å²) in [5, 5.41) is 13.4. The minimum absolute atomic E-state index is 0.0340. The van der Waals surface area contributed by atoms with E-state index in [1.807, 2.05) is 0 Å². The monoisotopic (exact) mass is 388 g/mol. The molecule has 0 aliphatic heterocycles. The summed E-state index contributed by atoms with van der Waals surface area (Å²) in [6.45, 7) is 1.73. The first-order valence-electron chi connectivity index (χ1n) is 7.58. The number of benzene rings is 1. The molecule has 6 nitrogen and oxygen atoms in total. The summed E-state index contributed by atoms with van der Waals surface area (Å²) in [6, 6.07) is 2.55. The summed E-state index contributed by atoms with van der Waals surface area (Å²) in [5.41, 5.74) is 4.55. The number of nitrogens with two attached hydrogens (primary N) is 1. The lowest BCUT2D eigenvalue weighted by Gasteiger charge is -2.17. The van der Waals surface area contributed by atoms with Crippen LogP contribution in [0.4, 0.5) is 18.9 Å². The minimum atomic E-state index is -4.63. The van der Waals surface area contributed by atoms with Crippen molar-refractivity contribution in [2.75, 3.05) is 19.4 Å². The molecule has 0 aliphatic carbocycles. The molecule has 10 heteroatoms. The average molecular weight is 388 g/mol. The Kier molecular flexibility index (Phi) is 5.89. The van der Waals surface area contributed by atoms with Crippen molar-refractivity contribution in [3.05, 3.63) is 45.4 Å². The second-order valence-corrected chi connectivity index (χ2v) is 7.03. The van der Waals surface area contributed by atoms with Gasteiger partial charge >= 0.3 is 6.18 Å². The van der Waals surface area contributed by atoms with Gasteiger partial charge in [-0.25, -0.2) is 4.98 Å². The van der Waals surface area contributed by atoms with Gasteiger partial charge in [-0.15, -0.1) is 11.3 Å². The lowest BCUT2D eigenvalue weighted by molar-refractivity contribution is -0.137. The smallest absolute Gasteiger partial charge is 0.369 e. The molecule has 1 aromatic heterocycles. The zero-order chi connectivity index (χ0) is 19.6. The summed E-state index contributed by atoms with van der Waals surface area (Å²) in [6.07, 6.45) is -4.51. The standard InChI is InChI=1S/C16H19F3N4O2S/c1-8(20)14-21-7-12(26-14)13(24)22-11-5-9(15(25)23(2)3)4-10(6-11)16(17,18)19/h4-8,13,22,24H,20H2,1-3H3. The Bertz CT molecular complexity index is 790.